The molecule has 7 heteroatoms. The van der Waals surface area contributed by atoms with E-state index in [0.717, 1.165) is 32.4 Å². The van der Waals surface area contributed by atoms with Crippen molar-refractivity contribution in [3.05, 3.63) is 17.7 Å². The van der Waals surface area contributed by atoms with E-state index in [2.05, 4.69) is 10.6 Å². The van der Waals surface area contributed by atoms with Crippen LogP contribution in [0.2, 0.25) is 0 Å². The minimum atomic E-state index is -0.502. The number of anilines is 1. The largest absolute Gasteiger partial charge is 0.493 e. The van der Waals surface area contributed by atoms with Crippen LogP contribution in [0.3, 0.4) is 0 Å². The van der Waals surface area contributed by atoms with Crippen molar-refractivity contribution < 1.29 is 23.8 Å². The molecule has 2 N–H and O–H groups in total. The standard InChI is InChI=1S/C18H24N2O5/c1-23-14-9-11(17(22)25-3)8-13(15(14)24-2)20-16(21)12-10-18(12)4-6-19-7-5-18/h8-9,12,19H,4-7,10H2,1-3H3,(H,20,21). The first-order chi connectivity index (χ1) is 12.0. The summed E-state index contributed by atoms with van der Waals surface area (Å²) in [6.07, 6.45) is 2.96. The fourth-order valence-corrected chi connectivity index (χ4v) is 3.71. The first-order valence-corrected chi connectivity index (χ1v) is 8.40. The van der Waals surface area contributed by atoms with Gasteiger partial charge in [0.05, 0.1) is 32.6 Å². The third-order valence-corrected chi connectivity index (χ3v) is 5.26. The molecule has 1 aromatic rings. The highest BCUT2D eigenvalue weighted by Crippen LogP contribution is 2.59. The number of carbonyl (C=O) groups is 2. The Bertz CT molecular complexity index is 682. The molecule has 1 atom stereocenters. The fourth-order valence-electron chi connectivity index (χ4n) is 3.71. The van der Waals surface area contributed by atoms with Gasteiger partial charge in [0, 0.05) is 5.92 Å². The molecule has 1 aromatic carbocycles. The second kappa shape index (κ2) is 6.92. The van der Waals surface area contributed by atoms with Crippen molar-refractivity contribution in [2.45, 2.75) is 19.3 Å². The third kappa shape index (κ3) is 3.28. The minimum absolute atomic E-state index is 0.00656. The lowest BCUT2D eigenvalue weighted by molar-refractivity contribution is -0.118. The Labute approximate surface area is 147 Å². The number of esters is 1. The summed E-state index contributed by atoms with van der Waals surface area (Å²) >= 11 is 0. The van der Waals surface area contributed by atoms with Gasteiger partial charge in [-0.3, -0.25) is 4.79 Å². The Balaban J connectivity index is 1.83. The monoisotopic (exact) mass is 348 g/mol. The van der Waals surface area contributed by atoms with Crippen LogP contribution in [-0.4, -0.2) is 46.3 Å². The molecule has 1 spiro atoms. The van der Waals surface area contributed by atoms with Crippen LogP contribution in [-0.2, 0) is 9.53 Å². The topological polar surface area (TPSA) is 85.9 Å². The first kappa shape index (κ1) is 17.5. The summed E-state index contributed by atoms with van der Waals surface area (Å²) in [6, 6.07) is 3.09. The van der Waals surface area contributed by atoms with Crippen LogP contribution in [0.1, 0.15) is 29.6 Å². The Kier molecular flexibility index (Phi) is 4.85. The van der Waals surface area contributed by atoms with Gasteiger partial charge in [-0.2, -0.15) is 0 Å². The van der Waals surface area contributed by atoms with Gasteiger partial charge in [-0.25, -0.2) is 4.79 Å². The van der Waals surface area contributed by atoms with Crippen LogP contribution in [0.5, 0.6) is 11.5 Å². The highest BCUT2D eigenvalue weighted by atomic mass is 16.5. The molecule has 0 bridgehead atoms. The maximum absolute atomic E-state index is 12.7. The normalized spacial score (nSPS) is 20.7. The minimum Gasteiger partial charge on any atom is -0.493 e. The van der Waals surface area contributed by atoms with Crippen molar-refractivity contribution in [1.82, 2.24) is 5.32 Å². The lowest BCUT2D eigenvalue weighted by Gasteiger charge is -2.23. The summed E-state index contributed by atoms with van der Waals surface area (Å²) in [6.45, 7) is 1.91. The first-order valence-electron chi connectivity index (χ1n) is 8.40. The molecule has 3 rings (SSSR count). The number of hydrogen-bond acceptors (Lipinski definition) is 6. The number of ether oxygens (including phenoxy) is 3. The smallest absolute Gasteiger partial charge is 0.338 e. The number of methoxy groups -OCH3 is 3. The zero-order valence-electron chi connectivity index (χ0n) is 14.8. The van der Waals surface area contributed by atoms with Crippen molar-refractivity contribution in [3.8, 4) is 11.5 Å². The average molecular weight is 348 g/mol. The molecule has 0 aromatic heterocycles. The van der Waals surface area contributed by atoms with Crippen molar-refractivity contribution in [1.29, 1.82) is 0 Å². The molecule has 1 aliphatic carbocycles. The summed E-state index contributed by atoms with van der Waals surface area (Å²) in [5.41, 5.74) is 0.846. The van der Waals surface area contributed by atoms with E-state index in [-0.39, 0.29) is 17.2 Å². The van der Waals surface area contributed by atoms with Gasteiger partial charge in [0.15, 0.2) is 11.5 Å². The predicted octanol–water partition coefficient (Wildman–Crippen LogP) is 1.82. The van der Waals surface area contributed by atoms with Crippen molar-refractivity contribution in [2.75, 3.05) is 39.7 Å². The van der Waals surface area contributed by atoms with Gasteiger partial charge in [0.25, 0.3) is 0 Å². The van der Waals surface area contributed by atoms with Crippen LogP contribution < -0.4 is 20.1 Å². The van der Waals surface area contributed by atoms with Crippen LogP contribution in [0.25, 0.3) is 0 Å². The lowest BCUT2D eigenvalue weighted by Crippen LogP contribution is -2.31. The summed E-state index contributed by atoms with van der Waals surface area (Å²) in [5.74, 6) is 0.227. The number of carbonyl (C=O) groups excluding carboxylic acids is 2. The molecular weight excluding hydrogens is 324 g/mol. The second-order valence-electron chi connectivity index (χ2n) is 6.61. The second-order valence-corrected chi connectivity index (χ2v) is 6.61. The lowest BCUT2D eigenvalue weighted by atomic mass is 9.92. The average Bonchev–Trinajstić information content (AvgIpc) is 3.33. The van der Waals surface area contributed by atoms with Gasteiger partial charge in [0.2, 0.25) is 5.91 Å². The molecular formula is C18H24N2O5. The van der Waals surface area contributed by atoms with Crippen LogP contribution in [0.15, 0.2) is 12.1 Å². The van der Waals surface area contributed by atoms with E-state index in [4.69, 9.17) is 14.2 Å². The molecule has 2 aliphatic rings. The van der Waals surface area contributed by atoms with Gasteiger partial charge in [0.1, 0.15) is 0 Å². The number of rotatable bonds is 5. The molecule has 1 saturated carbocycles. The molecule has 1 aliphatic heterocycles. The van der Waals surface area contributed by atoms with Crippen LogP contribution >= 0.6 is 0 Å². The predicted molar refractivity (Wildman–Crippen MR) is 92.2 cm³/mol. The van der Waals surface area contributed by atoms with E-state index >= 15 is 0 Å². The van der Waals surface area contributed by atoms with E-state index in [1.54, 1.807) is 6.07 Å². The molecule has 0 radical (unpaired) electrons. The maximum atomic E-state index is 12.7. The third-order valence-electron chi connectivity index (χ3n) is 5.26. The van der Waals surface area contributed by atoms with Crippen molar-refractivity contribution in [2.24, 2.45) is 11.3 Å². The van der Waals surface area contributed by atoms with Crippen LogP contribution in [0.4, 0.5) is 5.69 Å². The summed E-state index contributed by atoms with van der Waals surface area (Å²) in [5, 5.41) is 6.25. The molecule has 1 unspecified atom stereocenters. The molecule has 25 heavy (non-hydrogen) atoms. The Morgan fingerprint density at radius 2 is 1.88 bits per heavy atom. The Hall–Kier alpha value is -2.28. The quantitative estimate of drug-likeness (QED) is 0.790. The zero-order valence-corrected chi connectivity index (χ0v) is 14.8. The fraction of sp³-hybridized carbons (Fsp3) is 0.556. The van der Waals surface area contributed by atoms with Gasteiger partial charge >= 0.3 is 5.97 Å². The summed E-state index contributed by atoms with van der Waals surface area (Å²) < 4.78 is 15.4. The summed E-state index contributed by atoms with van der Waals surface area (Å²) in [4.78, 5) is 24.6. The maximum Gasteiger partial charge on any atom is 0.338 e. The number of hydrogen-bond donors (Lipinski definition) is 2. The SMILES string of the molecule is COC(=O)c1cc(NC(=O)C2CC23CCNCC3)c(OC)c(OC)c1. The van der Waals surface area contributed by atoms with Crippen LogP contribution in [0, 0.1) is 11.3 Å². The summed E-state index contributed by atoms with van der Waals surface area (Å²) in [7, 11) is 4.29. The van der Waals surface area contributed by atoms with E-state index in [9.17, 15) is 9.59 Å². The van der Waals surface area contributed by atoms with Gasteiger partial charge < -0.3 is 24.8 Å². The van der Waals surface area contributed by atoms with Gasteiger partial charge in [-0.1, -0.05) is 0 Å². The van der Waals surface area contributed by atoms with E-state index < -0.39 is 5.97 Å². The zero-order chi connectivity index (χ0) is 18.0. The number of amides is 1. The van der Waals surface area contributed by atoms with Crippen molar-refractivity contribution in [3.63, 3.8) is 0 Å². The van der Waals surface area contributed by atoms with E-state index in [0.29, 0.717) is 22.7 Å². The molecule has 2 fully saturated rings. The molecule has 1 heterocycles. The highest BCUT2D eigenvalue weighted by Gasteiger charge is 2.57. The number of piperidine rings is 1. The highest BCUT2D eigenvalue weighted by molar-refractivity contribution is 5.99. The van der Waals surface area contributed by atoms with Gasteiger partial charge in [-0.15, -0.1) is 0 Å². The number of benzene rings is 1. The van der Waals surface area contributed by atoms with Gasteiger partial charge in [-0.05, 0) is 49.9 Å². The molecule has 7 nitrogen and oxygen atoms in total. The Morgan fingerprint density at radius 3 is 2.48 bits per heavy atom. The van der Waals surface area contributed by atoms with Crippen molar-refractivity contribution >= 4 is 17.6 Å². The van der Waals surface area contributed by atoms with E-state index in [1.165, 1.54) is 27.4 Å². The van der Waals surface area contributed by atoms with E-state index in [1.807, 2.05) is 0 Å². The molecule has 1 saturated heterocycles. The molecule has 136 valence electrons. The molecule has 1 amide bonds. The number of nitrogens with one attached hydrogen (secondary N) is 2. The Morgan fingerprint density at radius 1 is 1.16 bits per heavy atom.